The summed E-state index contributed by atoms with van der Waals surface area (Å²) in [5.41, 5.74) is -3.02. The number of aliphatic carboxylic acids is 2. The van der Waals surface area contributed by atoms with Crippen LogP contribution < -0.4 is 0 Å². The molecule has 0 radical (unpaired) electrons. The Hall–Kier alpha value is -1.54. The van der Waals surface area contributed by atoms with Crippen LogP contribution in [0.5, 0.6) is 0 Å². The van der Waals surface area contributed by atoms with Crippen molar-refractivity contribution >= 4 is 11.9 Å². The number of carboxylic acid groups (broad SMARTS) is 2. The molecule has 0 fully saturated rings. The zero-order chi connectivity index (χ0) is 17.2. The first-order valence-electron chi connectivity index (χ1n) is 7.34. The molecule has 0 amide bonds. The van der Waals surface area contributed by atoms with Crippen molar-refractivity contribution in [3.63, 3.8) is 0 Å². The topological polar surface area (TPSA) is 140 Å². The van der Waals surface area contributed by atoms with Gasteiger partial charge in [-0.1, -0.05) is 0 Å². The molecule has 2 unspecified atom stereocenters. The highest BCUT2D eigenvalue weighted by atomic mass is 16.4. The van der Waals surface area contributed by atoms with Gasteiger partial charge in [-0.05, 0) is 52.4 Å². The number of carbonyl (C=O) groups is 2. The van der Waals surface area contributed by atoms with E-state index in [1.54, 1.807) is 0 Å². The van der Waals surface area contributed by atoms with E-state index in [0.29, 0.717) is 25.7 Å². The lowest BCUT2D eigenvalue weighted by Crippen LogP contribution is -2.37. The van der Waals surface area contributed by atoms with E-state index in [1.165, 1.54) is 13.8 Å². The number of unbranched alkanes of at least 4 members (excludes halogenated alkanes) is 2. The van der Waals surface area contributed by atoms with E-state index in [9.17, 15) is 19.8 Å². The monoisotopic (exact) mass is 318 g/mol. The number of hydrogen-bond donors (Lipinski definition) is 4. The van der Waals surface area contributed by atoms with Crippen molar-refractivity contribution in [2.24, 2.45) is 10.2 Å². The fourth-order valence-corrected chi connectivity index (χ4v) is 1.78. The van der Waals surface area contributed by atoms with E-state index in [1.807, 2.05) is 0 Å². The average Bonchev–Trinajstić information content (AvgIpc) is 2.45. The maximum atomic E-state index is 11.4. The minimum atomic E-state index is -1.51. The van der Waals surface area contributed by atoms with Crippen LogP contribution >= 0.6 is 0 Å². The van der Waals surface area contributed by atoms with Crippen LogP contribution in [0.2, 0.25) is 0 Å². The molecule has 0 aromatic carbocycles. The van der Waals surface area contributed by atoms with Crippen LogP contribution in [0, 0.1) is 0 Å². The molecule has 8 heteroatoms. The van der Waals surface area contributed by atoms with Gasteiger partial charge in [-0.25, -0.2) is 9.59 Å². The van der Waals surface area contributed by atoms with Gasteiger partial charge in [0.05, 0.1) is 0 Å². The first-order valence-corrected chi connectivity index (χ1v) is 7.34. The Morgan fingerprint density at radius 2 is 1.09 bits per heavy atom. The fourth-order valence-electron chi connectivity index (χ4n) is 1.78. The Morgan fingerprint density at radius 3 is 1.32 bits per heavy atom. The molecule has 0 saturated heterocycles. The first kappa shape index (κ1) is 20.5. The van der Waals surface area contributed by atoms with Gasteiger partial charge in [0.25, 0.3) is 0 Å². The lowest BCUT2D eigenvalue weighted by Gasteiger charge is -2.23. The van der Waals surface area contributed by atoms with Crippen LogP contribution in [0.25, 0.3) is 0 Å². The van der Waals surface area contributed by atoms with Gasteiger partial charge >= 0.3 is 11.9 Å². The quantitative estimate of drug-likeness (QED) is 0.317. The standard InChI is InChI=1S/C14H26N2O6/c1-13(11(19)20,7-3-5-9-17)15-16-14(2,12(21)22)8-4-6-10-18/h17-18H,3-10H2,1-2H3,(H,19,20)(H,21,22). The van der Waals surface area contributed by atoms with Gasteiger partial charge in [-0.15, -0.1) is 0 Å². The Balaban J connectivity index is 5.06. The smallest absolute Gasteiger partial charge is 0.333 e. The summed E-state index contributed by atoms with van der Waals surface area (Å²) >= 11 is 0. The van der Waals surface area contributed by atoms with Gasteiger partial charge < -0.3 is 20.4 Å². The molecule has 8 nitrogen and oxygen atoms in total. The Morgan fingerprint density at radius 1 is 0.773 bits per heavy atom. The molecule has 0 bridgehead atoms. The van der Waals surface area contributed by atoms with Crippen LogP contribution in [-0.4, -0.2) is 56.7 Å². The summed E-state index contributed by atoms with van der Waals surface area (Å²) in [4.78, 5) is 22.7. The van der Waals surface area contributed by atoms with Crippen LogP contribution in [0.3, 0.4) is 0 Å². The molecular formula is C14H26N2O6. The predicted octanol–water partition coefficient (Wildman–Crippen LogP) is 1.45. The molecule has 0 aliphatic carbocycles. The second-order valence-electron chi connectivity index (χ2n) is 5.72. The summed E-state index contributed by atoms with van der Waals surface area (Å²) in [5.74, 6) is -2.37. The van der Waals surface area contributed by atoms with E-state index < -0.39 is 23.0 Å². The third-order valence-electron chi connectivity index (χ3n) is 3.56. The summed E-state index contributed by atoms with van der Waals surface area (Å²) in [6.45, 7) is 2.68. The maximum Gasteiger partial charge on any atom is 0.333 e. The van der Waals surface area contributed by atoms with Gasteiger partial charge in [0.2, 0.25) is 0 Å². The zero-order valence-corrected chi connectivity index (χ0v) is 13.2. The Labute approximate surface area is 129 Å². The molecule has 0 aliphatic heterocycles. The van der Waals surface area contributed by atoms with Crippen molar-refractivity contribution in [3.05, 3.63) is 0 Å². The minimum Gasteiger partial charge on any atom is -0.479 e. The number of aliphatic hydroxyl groups is 2. The molecule has 22 heavy (non-hydrogen) atoms. The van der Waals surface area contributed by atoms with E-state index >= 15 is 0 Å². The number of azo groups is 1. The number of hydrogen-bond acceptors (Lipinski definition) is 6. The summed E-state index contributed by atoms with van der Waals surface area (Å²) in [6.07, 6.45) is 2.13. The lowest BCUT2D eigenvalue weighted by atomic mass is 9.95. The summed E-state index contributed by atoms with van der Waals surface area (Å²) < 4.78 is 0. The molecule has 0 saturated carbocycles. The highest BCUT2D eigenvalue weighted by Gasteiger charge is 2.37. The zero-order valence-electron chi connectivity index (χ0n) is 13.2. The fraction of sp³-hybridized carbons (Fsp3) is 0.857. The SMILES string of the molecule is CC(CCCCO)(N=NC(C)(CCCCO)C(=O)O)C(=O)O. The van der Waals surface area contributed by atoms with E-state index in [0.717, 1.165) is 0 Å². The second kappa shape index (κ2) is 9.47. The summed E-state index contributed by atoms with van der Waals surface area (Å²) in [5, 5.41) is 43.7. The van der Waals surface area contributed by atoms with E-state index in [4.69, 9.17) is 10.2 Å². The van der Waals surface area contributed by atoms with Gasteiger partial charge in [0.1, 0.15) is 0 Å². The van der Waals surface area contributed by atoms with Crippen molar-refractivity contribution < 1.29 is 30.0 Å². The predicted molar refractivity (Wildman–Crippen MR) is 78.8 cm³/mol. The van der Waals surface area contributed by atoms with Gasteiger partial charge in [0.15, 0.2) is 11.1 Å². The van der Waals surface area contributed by atoms with Crippen LogP contribution in [0.4, 0.5) is 0 Å². The number of nitrogens with zero attached hydrogens (tertiary/aromatic N) is 2. The van der Waals surface area contributed by atoms with Crippen LogP contribution in [0.1, 0.15) is 52.4 Å². The minimum absolute atomic E-state index is 0.0408. The highest BCUT2D eigenvalue weighted by Crippen LogP contribution is 2.25. The molecule has 0 heterocycles. The number of aliphatic hydroxyl groups excluding tert-OH is 2. The molecule has 0 aliphatic rings. The summed E-state index contributed by atoms with van der Waals surface area (Å²) in [6, 6.07) is 0. The third kappa shape index (κ3) is 6.48. The molecule has 0 aromatic rings. The molecule has 0 aromatic heterocycles. The summed E-state index contributed by atoms with van der Waals surface area (Å²) in [7, 11) is 0. The Bertz CT molecular complexity index is 365. The van der Waals surface area contributed by atoms with Crippen LogP contribution in [-0.2, 0) is 9.59 Å². The van der Waals surface area contributed by atoms with Crippen molar-refractivity contribution in [2.75, 3.05) is 13.2 Å². The largest absolute Gasteiger partial charge is 0.479 e. The van der Waals surface area contributed by atoms with Gasteiger partial charge in [-0.2, -0.15) is 10.2 Å². The van der Waals surface area contributed by atoms with Crippen molar-refractivity contribution in [3.8, 4) is 0 Å². The third-order valence-corrected chi connectivity index (χ3v) is 3.56. The van der Waals surface area contributed by atoms with Crippen molar-refractivity contribution in [2.45, 2.75) is 63.5 Å². The van der Waals surface area contributed by atoms with Gasteiger partial charge in [-0.3, -0.25) is 0 Å². The average molecular weight is 318 g/mol. The van der Waals surface area contributed by atoms with E-state index in [-0.39, 0.29) is 26.1 Å². The number of carboxylic acids is 2. The highest BCUT2D eigenvalue weighted by molar-refractivity contribution is 5.79. The van der Waals surface area contributed by atoms with Gasteiger partial charge in [0, 0.05) is 13.2 Å². The number of rotatable bonds is 12. The normalized spacial score (nSPS) is 17.1. The molecule has 0 rings (SSSR count). The second-order valence-corrected chi connectivity index (χ2v) is 5.72. The molecule has 2 atom stereocenters. The van der Waals surface area contributed by atoms with E-state index in [2.05, 4.69) is 10.2 Å². The molecule has 0 spiro atoms. The maximum absolute atomic E-state index is 11.4. The molecule has 4 N–H and O–H groups in total. The Kier molecular flexibility index (Phi) is 8.81. The molecule has 128 valence electrons. The van der Waals surface area contributed by atoms with Crippen LogP contribution in [0.15, 0.2) is 10.2 Å². The molecular weight excluding hydrogens is 292 g/mol. The van der Waals surface area contributed by atoms with Crippen molar-refractivity contribution in [1.82, 2.24) is 0 Å². The van der Waals surface area contributed by atoms with Crippen molar-refractivity contribution in [1.29, 1.82) is 0 Å². The lowest BCUT2D eigenvalue weighted by molar-refractivity contribution is -0.145. The first-order chi connectivity index (χ1) is 10.2.